The first-order valence-corrected chi connectivity index (χ1v) is 6.59. The number of rotatable bonds is 5. The summed E-state index contributed by atoms with van der Waals surface area (Å²) in [6.45, 7) is 0.0483. The molecule has 0 aliphatic carbocycles. The van der Waals surface area contributed by atoms with Gasteiger partial charge in [-0.1, -0.05) is 18.2 Å². The number of halogens is 2. The van der Waals surface area contributed by atoms with Gasteiger partial charge in [-0.05, 0) is 30.2 Å². The number of nitrogens with two attached hydrogens (primary N) is 1. The summed E-state index contributed by atoms with van der Waals surface area (Å²) in [6, 6.07) is 10.6. The molecule has 110 valence electrons. The minimum Gasteiger partial charge on any atom is -0.399 e. The lowest BCUT2D eigenvalue weighted by molar-refractivity contribution is -0.121. The Balaban J connectivity index is 1.80. The predicted molar refractivity (Wildman–Crippen MR) is 77.4 cm³/mol. The van der Waals surface area contributed by atoms with E-state index < -0.39 is 11.6 Å². The van der Waals surface area contributed by atoms with Crippen molar-refractivity contribution in [3.63, 3.8) is 0 Å². The van der Waals surface area contributed by atoms with Crippen LogP contribution in [0.3, 0.4) is 0 Å². The molecule has 0 aliphatic heterocycles. The maximum absolute atomic E-state index is 13.4. The molecule has 2 aromatic rings. The lowest BCUT2D eigenvalue weighted by Gasteiger charge is -2.07. The molecule has 3 N–H and O–H groups in total. The Kier molecular flexibility index (Phi) is 4.87. The molecule has 2 rings (SSSR count). The van der Waals surface area contributed by atoms with E-state index in [2.05, 4.69) is 5.32 Å². The molecule has 0 spiro atoms. The minimum absolute atomic E-state index is 0.0483. The molecule has 5 heteroatoms. The molecule has 1 amide bonds. The molecule has 2 aromatic carbocycles. The maximum Gasteiger partial charge on any atom is 0.220 e. The molecular formula is C16H16F2N2O. The van der Waals surface area contributed by atoms with Gasteiger partial charge in [0.15, 0.2) is 0 Å². The fourth-order valence-corrected chi connectivity index (χ4v) is 1.89. The van der Waals surface area contributed by atoms with Crippen molar-refractivity contribution in [1.29, 1.82) is 0 Å². The van der Waals surface area contributed by atoms with Crippen LogP contribution in [0.15, 0.2) is 42.5 Å². The summed E-state index contributed by atoms with van der Waals surface area (Å²) in [5.74, 6) is -1.48. The molecule has 0 aromatic heterocycles. The lowest BCUT2D eigenvalue weighted by Crippen LogP contribution is -2.23. The number of aryl methyl sites for hydroxylation is 1. The number of nitrogen functional groups attached to an aromatic ring is 1. The van der Waals surface area contributed by atoms with E-state index >= 15 is 0 Å². The van der Waals surface area contributed by atoms with Crippen LogP contribution in [0.25, 0.3) is 0 Å². The number of anilines is 1. The lowest BCUT2D eigenvalue weighted by atomic mass is 10.1. The van der Waals surface area contributed by atoms with Crippen molar-refractivity contribution in [2.24, 2.45) is 0 Å². The molecule has 0 fully saturated rings. The second kappa shape index (κ2) is 6.83. The van der Waals surface area contributed by atoms with Crippen molar-refractivity contribution in [2.45, 2.75) is 19.4 Å². The van der Waals surface area contributed by atoms with Gasteiger partial charge in [-0.25, -0.2) is 8.78 Å². The zero-order valence-electron chi connectivity index (χ0n) is 11.4. The van der Waals surface area contributed by atoms with Crippen molar-refractivity contribution in [1.82, 2.24) is 5.32 Å². The van der Waals surface area contributed by atoms with Crippen LogP contribution in [0.4, 0.5) is 14.5 Å². The summed E-state index contributed by atoms with van der Waals surface area (Å²) in [6.07, 6.45) is 0.880. The second-order valence-electron chi connectivity index (χ2n) is 4.75. The molecule has 3 nitrogen and oxygen atoms in total. The number of carbonyl (C=O) groups excluding carboxylic acids is 1. The van der Waals surface area contributed by atoms with Crippen LogP contribution in [0, 0.1) is 11.6 Å². The topological polar surface area (TPSA) is 55.1 Å². The minimum atomic E-state index is -0.658. The number of amides is 1. The first-order chi connectivity index (χ1) is 10.0. The first-order valence-electron chi connectivity index (χ1n) is 6.59. The van der Waals surface area contributed by atoms with E-state index in [9.17, 15) is 13.6 Å². The van der Waals surface area contributed by atoms with Crippen LogP contribution in [-0.2, 0) is 17.8 Å². The van der Waals surface area contributed by atoms with E-state index in [0.29, 0.717) is 18.5 Å². The third-order valence-electron chi connectivity index (χ3n) is 3.11. The van der Waals surface area contributed by atoms with Crippen LogP contribution in [0.5, 0.6) is 0 Å². The summed E-state index contributed by atoms with van der Waals surface area (Å²) in [5, 5.41) is 2.61. The molecule has 0 bridgehead atoms. The zero-order chi connectivity index (χ0) is 15.2. The van der Waals surface area contributed by atoms with Crippen molar-refractivity contribution < 1.29 is 13.6 Å². The average molecular weight is 290 g/mol. The maximum atomic E-state index is 13.4. The number of carbonyl (C=O) groups is 1. The molecule has 0 saturated carbocycles. The highest BCUT2D eigenvalue weighted by Gasteiger charge is 2.06. The Hall–Kier alpha value is -2.43. The summed E-state index contributed by atoms with van der Waals surface area (Å²) in [4.78, 5) is 11.7. The van der Waals surface area contributed by atoms with Crippen LogP contribution < -0.4 is 11.1 Å². The molecule has 0 atom stereocenters. The zero-order valence-corrected chi connectivity index (χ0v) is 11.4. The normalized spacial score (nSPS) is 10.4. The van der Waals surface area contributed by atoms with Crippen LogP contribution in [0.2, 0.25) is 0 Å². The van der Waals surface area contributed by atoms with Crippen LogP contribution >= 0.6 is 0 Å². The summed E-state index contributed by atoms with van der Waals surface area (Å²) in [5.41, 5.74) is 7.52. The van der Waals surface area contributed by atoms with E-state index in [-0.39, 0.29) is 18.0 Å². The van der Waals surface area contributed by atoms with Crippen molar-refractivity contribution in [3.05, 3.63) is 65.2 Å². The molecule has 21 heavy (non-hydrogen) atoms. The van der Waals surface area contributed by atoms with Crippen molar-refractivity contribution in [2.75, 3.05) is 5.73 Å². The van der Waals surface area contributed by atoms with Gasteiger partial charge in [0.25, 0.3) is 0 Å². The Morgan fingerprint density at radius 2 is 1.81 bits per heavy atom. The Morgan fingerprint density at radius 1 is 1.10 bits per heavy atom. The molecule has 0 unspecified atom stereocenters. The third kappa shape index (κ3) is 4.56. The van der Waals surface area contributed by atoms with Crippen molar-refractivity contribution >= 4 is 11.6 Å². The van der Waals surface area contributed by atoms with Gasteiger partial charge in [-0.15, -0.1) is 0 Å². The summed E-state index contributed by atoms with van der Waals surface area (Å²) in [7, 11) is 0. The van der Waals surface area contributed by atoms with Gasteiger partial charge in [0.2, 0.25) is 5.91 Å². The van der Waals surface area contributed by atoms with E-state index in [1.54, 1.807) is 12.1 Å². The van der Waals surface area contributed by atoms with Crippen LogP contribution in [0.1, 0.15) is 17.5 Å². The third-order valence-corrected chi connectivity index (χ3v) is 3.11. The highest BCUT2D eigenvalue weighted by molar-refractivity contribution is 5.76. The van der Waals surface area contributed by atoms with Crippen LogP contribution in [-0.4, -0.2) is 5.91 Å². The van der Waals surface area contributed by atoms with Gasteiger partial charge in [0.05, 0.1) is 0 Å². The largest absolute Gasteiger partial charge is 0.399 e. The number of benzene rings is 2. The fourth-order valence-electron chi connectivity index (χ4n) is 1.89. The number of nitrogens with one attached hydrogen (secondary N) is 1. The standard InChI is InChI=1S/C16H16F2N2O/c17-13-5-4-12(15(18)9-13)10-20-16(21)8-3-11-1-6-14(19)7-2-11/h1-2,4-7,9H,3,8,10,19H2,(H,20,21). The first kappa shape index (κ1) is 15.0. The van der Waals surface area contributed by atoms with E-state index in [1.165, 1.54) is 12.1 Å². The Labute approximate surface area is 121 Å². The van der Waals surface area contributed by atoms with Crippen molar-refractivity contribution in [3.8, 4) is 0 Å². The Bertz CT molecular complexity index is 627. The summed E-state index contributed by atoms with van der Waals surface area (Å²) >= 11 is 0. The average Bonchev–Trinajstić information content (AvgIpc) is 2.46. The van der Waals surface area contributed by atoms with Gasteiger partial charge in [0, 0.05) is 30.3 Å². The van der Waals surface area contributed by atoms with Gasteiger partial charge in [-0.2, -0.15) is 0 Å². The van der Waals surface area contributed by atoms with E-state index in [0.717, 1.165) is 11.6 Å². The van der Waals surface area contributed by atoms with Gasteiger partial charge in [-0.3, -0.25) is 4.79 Å². The molecule has 0 heterocycles. The predicted octanol–water partition coefficient (Wildman–Crippen LogP) is 2.80. The smallest absolute Gasteiger partial charge is 0.220 e. The number of hydrogen-bond acceptors (Lipinski definition) is 2. The molecule has 0 radical (unpaired) electrons. The van der Waals surface area contributed by atoms with E-state index in [4.69, 9.17) is 5.73 Å². The summed E-state index contributed by atoms with van der Waals surface area (Å²) < 4.78 is 26.1. The molecule has 0 aliphatic rings. The van der Waals surface area contributed by atoms with Gasteiger partial charge < -0.3 is 11.1 Å². The second-order valence-corrected chi connectivity index (χ2v) is 4.75. The van der Waals surface area contributed by atoms with Gasteiger partial charge in [0.1, 0.15) is 11.6 Å². The fraction of sp³-hybridized carbons (Fsp3) is 0.188. The monoisotopic (exact) mass is 290 g/mol. The van der Waals surface area contributed by atoms with Gasteiger partial charge >= 0.3 is 0 Å². The SMILES string of the molecule is Nc1ccc(CCC(=O)NCc2ccc(F)cc2F)cc1. The van der Waals surface area contributed by atoms with E-state index in [1.807, 2.05) is 12.1 Å². The highest BCUT2D eigenvalue weighted by atomic mass is 19.1. The molecular weight excluding hydrogens is 274 g/mol. The highest BCUT2D eigenvalue weighted by Crippen LogP contribution is 2.10. The Morgan fingerprint density at radius 3 is 2.48 bits per heavy atom. The molecule has 0 saturated heterocycles. The number of hydrogen-bond donors (Lipinski definition) is 2. The quantitative estimate of drug-likeness (QED) is 0.832.